The molecule has 1 atom stereocenters. The number of aromatic carboxylic acids is 1. The van der Waals surface area contributed by atoms with Gasteiger partial charge in [-0.2, -0.15) is 13.2 Å². The molecule has 2 heterocycles. The van der Waals surface area contributed by atoms with Crippen molar-refractivity contribution in [3.05, 3.63) is 76.9 Å². The van der Waals surface area contributed by atoms with Crippen LogP contribution in [0, 0.1) is 0 Å². The number of carbonyl (C=O) groups is 1. The van der Waals surface area contributed by atoms with E-state index in [1.807, 2.05) is 23.1 Å². The Balaban J connectivity index is 1.51. The monoisotopic (exact) mass is 462 g/mol. The smallest absolute Gasteiger partial charge is 0.417 e. The molecule has 1 saturated heterocycles. The van der Waals surface area contributed by atoms with Crippen molar-refractivity contribution in [1.29, 1.82) is 0 Å². The molecular weight excluding hydrogens is 445 g/mol. The molecule has 0 aliphatic carbocycles. The maximum Gasteiger partial charge on any atom is 0.417 e. The Labute approximate surface area is 187 Å². The minimum absolute atomic E-state index is 0.0948. The largest absolute Gasteiger partial charge is 0.478 e. The number of alkyl halides is 3. The van der Waals surface area contributed by atoms with E-state index in [-0.39, 0.29) is 17.5 Å². The summed E-state index contributed by atoms with van der Waals surface area (Å²) in [6.07, 6.45) is -3.48. The van der Waals surface area contributed by atoms with E-state index in [1.54, 1.807) is 24.3 Å². The van der Waals surface area contributed by atoms with Gasteiger partial charge in [-0.1, -0.05) is 35.9 Å². The van der Waals surface area contributed by atoms with Crippen molar-refractivity contribution in [3.8, 4) is 17.0 Å². The van der Waals surface area contributed by atoms with E-state index >= 15 is 0 Å². The summed E-state index contributed by atoms with van der Waals surface area (Å²) in [6, 6.07) is 14.4. The Morgan fingerprint density at radius 3 is 2.59 bits per heavy atom. The maximum absolute atomic E-state index is 12.7. The highest BCUT2D eigenvalue weighted by atomic mass is 35.5. The molecule has 1 fully saturated rings. The molecule has 166 valence electrons. The summed E-state index contributed by atoms with van der Waals surface area (Å²) in [5.74, 6) is -0.972. The van der Waals surface area contributed by atoms with Gasteiger partial charge in [0, 0.05) is 35.8 Å². The third-order valence-corrected chi connectivity index (χ3v) is 5.58. The molecule has 3 aromatic rings. The predicted octanol–water partition coefficient (Wildman–Crippen LogP) is 5.78. The second-order valence-corrected chi connectivity index (χ2v) is 7.78. The van der Waals surface area contributed by atoms with Crippen LogP contribution in [-0.4, -0.2) is 35.3 Å². The van der Waals surface area contributed by atoms with Gasteiger partial charge in [-0.3, -0.25) is 0 Å². The molecule has 0 saturated carbocycles. The van der Waals surface area contributed by atoms with Crippen molar-refractivity contribution >= 4 is 23.3 Å². The first kappa shape index (κ1) is 22.0. The van der Waals surface area contributed by atoms with Crippen LogP contribution >= 0.6 is 11.6 Å². The Morgan fingerprint density at radius 1 is 1.16 bits per heavy atom. The highest BCUT2D eigenvalue weighted by Gasteiger charge is 2.31. The van der Waals surface area contributed by atoms with Gasteiger partial charge in [0.1, 0.15) is 6.10 Å². The Hall–Kier alpha value is -3.26. The first-order valence-electron chi connectivity index (χ1n) is 9.79. The number of aromatic nitrogens is 1. The standard InChI is InChI=1S/C23H18ClF3N2O3/c24-19-4-2-1-3-17(19)14-5-7-20(18(11-14)22(30)31)29-10-9-16(13-29)32-21-8-6-15(12-28-21)23(25,26)27/h1-8,11-12,16H,9-10,13H2,(H,30,31)/t16-/m0/s1. The number of ether oxygens (including phenoxy) is 1. The number of anilines is 1. The number of benzene rings is 2. The fraction of sp³-hybridized carbons (Fsp3) is 0.217. The van der Waals surface area contributed by atoms with Gasteiger partial charge in [0.2, 0.25) is 5.88 Å². The summed E-state index contributed by atoms with van der Waals surface area (Å²) in [7, 11) is 0. The van der Waals surface area contributed by atoms with Crippen LogP contribution in [0.1, 0.15) is 22.3 Å². The zero-order valence-corrected chi connectivity index (χ0v) is 17.4. The molecule has 0 amide bonds. The number of nitrogens with zero attached hydrogens (tertiary/aromatic N) is 2. The lowest BCUT2D eigenvalue weighted by Crippen LogP contribution is -2.26. The summed E-state index contributed by atoms with van der Waals surface area (Å²) in [5.41, 5.74) is 1.26. The number of carboxylic acid groups (broad SMARTS) is 1. The number of pyridine rings is 1. The Bertz CT molecular complexity index is 1140. The highest BCUT2D eigenvalue weighted by molar-refractivity contribution is 6.33. The van der Waals surface area contributed by atoms with Crippen molar-refractivity contribution in [1.82, 2.24) is 4.98 Å². The molecule has 0 unspecified atom stereocenters. The minimum Gasteiger partial charge on any atom is -0.478 e. The van der Waals surface area contributed by atoms with Crippen molar-refractivity contribution < 1.29 is 27.8 Å². The molecule has 1 aliphatic rings. The van der Waals surface area contributed by atoms with Crippen molar-refractivity contribution in [2.75, 3.05) is 18.0 Å². The lowest BCUT2D eigenvalue weighted by atomic mass is 10.0. The van der Waals surface area contributed by atoms with E-state index in [9.17, 15) is 23.1 Å². The average molecular weight is 463 g/mol. The molecular formula is C23H18ClF3N2O3. The van der Waals surface area contributed by atoms with Gasteiger partial charge in [-0.15, -0.1) is 0 Å². The van der Waals surface area contributed by atoms with Gasteiger partial charge in [0.05, 0.1) is 23.4 Å². The summed E-state index contributed by atoms with van der Waals surface area (Å²) in [5, 5.41) is 10.3. The molecule has 2 aromatic carbocycles. The lowest BCUT2D eigenvalue weighted by Gasteiger charge is -2.21. The van der Waals surface area contributed by atoms with Crippen LogP contribution in [0.3, 0.4) is 0 Å². The minimum atomic E-state index is -4.46. The molecule has 1 aromatic heterocycles. The van der Waals surface area contributed by atoms with E-state index in [0.717, 1.165) is 17.8 Å². The van der Waals surface area contributed by atoms with Crippen LogP contribution in [0.2, 0.25) is 5.02 Å². The van der Waals surface area contributed by atoms with Gasteiger partial charge in [-0.05, 0) is 29.8 Å². The fourth-order valence-corrected chi connectivity index (χ4v) is 3.92. The quantitative estimate of drug-likeness (QED) is 0.521. The summed E-state index contributed by atoms with van der Waals surface area (Å²) in [6.45, 7) is 0.922. The van der Waals surface area contributed by atoms with Crippen molar-refractivity contribution in [3.63, 3.8) is 0 Å². The van der Waals surface area contributed by atoms with E-state index < -0.39 is 17.7 Å². The normalized spacial score (nSPS) is 16.2. The molecule has 32 heavy (non-hydrogen) atoms. The average Bonchev–Trinajstić information content (AvgIpc) is 3.21. The zero-order chi connectivity index (χ0) is 22.9. The molecule has 9 heteroatoms. The molecule has 0 bridgehead atoms. The van der Waals surface area contributed by atoms with E-state index in [1.165, 1.54) is 6.07 Å². The molecule has 1 N–H and O–H groups in total. The number of hydrogen-bond acceptors (Lipinski definition) is 4. The van der Waals surface area contributed by atoms with E-state index in [0.29, 0.717) is 35.8 Å². The van der Waals surface area contributed by atoms with Crippen LogP contribution in [0.25, 0.3) is 11.1 Å². The predicted molar refractivity (Wildman–Crippen MR) is 114 cm³/mol. The van der Waals surface area contributed by atoms with Gasteiger partial charge in [0.15, 0.2) is 0 Å². The third-order valence-electron chi connectivity index (χ3n) is 5.25. The van der Waals surface area contributed by atoms with Crippen molar-refractivity contribution in [2.45, 2.75) is 18.7 Å². The molecule has 0 radical (unpaired) electrons. The number of rotatable bonds is 5. The first-order chi connectivity index (χ1) is 15.2. The second kappa shape index (κ2) is 8.70. The van der Waals surface area contributed by atoms with Crippen LogP contribution in [0.15, 0.2) is 60.8 Å². The molecule has 4 rings (SSSR count). The van der Waals surface area contributed by atoms with Gasteiger partial charge < -0.3 is 14.7 Å². The molecule has 1 aliphatic heterocycles. The van der Waals surface area contributed by atoms with Gasteiger partial charge >= 0.3 is 12.1 Å². The Morgan fingerprint density at radius 2 is 1.94 bits per heavy atom. The first-order valence-corrected chi connectivity index (χ1v) is 10.2. The zero-order valence-electron chi connectivity index (χ0n) is 16.6. The van der Waals surface area contributed by atoms with Gasteiger partial charge in [0.25, 0.3) is 0 Å². The van der Waals surface area contributed by atoms with Crippen LogP contribution in [-0.2, 0) is 6.18 Å². The van der Waals surface area contributed by atoms with E-state index in [2.05, 4.69) is 4.98 Å². The lowest BCUT2D eigenvalue weighted by molar-refractivity contribution is -0.137. The fourth-order valence-electron chi connectivity index (χ4n) is 3.68. The Kier molecular flexibility index (Phi) is 5.97. The SMILES string of the molecule is O=C(O)c1cc(-c2ccccc2Cl)ccc1N1CC[C@H](Oc2ccc(C(F)(F)F)cn2)C1. The van der Waals surface area contributed by atoms with Crippen LogP contribution < -0.4 is 9.64 Å². The number of halogens is 4. The second-order valence-electron chi connectivity index (χ2n) is 7.37. The topological polar surface area (TPSA) is 62.7 Å². The summed E-state index contributed by atoms with van der Waals surface area (Å²) in [4.78, 5) is 17.6. The number of hydrogen-bond donors (Lipinski definition) is 1. The van der Waals surface area contributed by atoms with Gasteiger partial charge in [-0.25, -0.2) is 9.78 Å². The molecule has 0 spiro atoms. The van der Waals surface area contributed by atoms with Crippen LogP contribution in [0.4, 0.5) is 18.9 Å². The maximum atomic E-state index is 12.7. The third kappa shape index (κ3) is 4.65. The summed E-state index contributed by atoms with van der Waals surface area (Å²) < 4.78 is 43.8. The number of carboxylic acids is 1. The summed E-state index contributed by atoms with van der Waals surface area (Å²) >= 11 is 6.25. The van der Waals surface area contributed by atoms with Crippen molar-refractivity contribution in [2.24, 2.45) is 0 Å². The van der Waals surface area contributed by atoms with Crippen LogP contribution in [0.5, 0.6) is 5.88 Å². The van der Waals surface area contributed by atoms with E-state index in [4.69, 9.17) is 16.3 Å². The highest BCUT2D eigenvalue weighted by Crippen LogP contribution is 2.34. The molecule has 5 nitrogen and oxygen atoms in total.